The van der Waals surface area contributed by atoms with E-state index in [0.717, 1.165) is 27.6 Å². The Bertz CT molecular complexity index is 1310. The van der Waals surface area contributed by atoms with Crippen LogP contribution in [0.5, 0.6) is 0 Å². The van der Waals surface area contributed by atoms with E-state index in [4.69, 9.17) is 9.47 Å². The van der Waals surface area contributed by atoms with Crippen molar-refractivity contribution in [2.75, 3.05) is 11.1 Å². The molecule has 1 aliphatic heterocycles. The number of carbonyl (C=O) groups excluding carboxylic acids is 1. The molecule has 4 aromatic rings. The Kier molecular flexibility index (Phi) is 7.96. The summed E-state index contributed by atoms with van der Waals surface area (Å²) < 4.78 is 14.8. The molecule has 37 heavy (non-hydrogen) atoms. The first-order valence-corrected chi connectivity index (χ1v) is 13.0. The first-order chi connectivity index (χ1) is 18.1. The highest BCUT2D eigenvalue weighted by atomic mass is 32.2. The van der Waals surface area contributed by atoms with Crippen molar-refractivity contribution in [1.82, 2.24) is 14.5 Å². The van der Waals surface area contributed by atoms with Gasteiger partial charge in [-0.2, -0.15) is 0 Å². The van der Waals surface area contributed by atoms with Crippen LogP contribution in [-0.4, -0.2) is 37.4 Å². The van der Waals surface area contributed by atoms with Gasteiger partial charge in [0.15, 0.2) is 11.4 Å². The van der Waals surface area contributed by atoms with Gasteiger partial charge in [-0.05, 0) is 35.4 Å². The van der Waals surface area contributed by atoms with Crippen LogP contribution in [0.1, 0.15) is 45.9 Å². The van der Waals surface area contributed by atoms with Gasteiger partial charge in [-0.25, -0.2) is 4.98 Å². The van der Waals surface area contributed by atoms with Crippen LogP contribution in [0.15, 0.2) is 90.6 Å². The number of hydrogen-bond acceptors (Lipinski definition) is 7. The van der Waals surface area contributed by atoms with Gasteiger partial charge in [0.1, 0.15) is 0 Å². The summed E-state index contributed by atoms with van der Waals surface area (Å²) in [5.74, 6) is 0.513. The second kappa shape index (κ2) is 11.7. The van der Waals surface area contributed by atoms with Gasteiger partial charge in [-0.1, -0.05) is 48.2 Å². The van der Waals surface area contributed by atoms with Crippen molar-refractivity contribution in [3.05, 3.63) is 108 Å². The standard InChI is InChI=1S/C28H28N4O4S/c1-32-14-13-30-28(32)37-18-24-15-25(20-6-4-19(17-33)5-7-20)36-27(35-24)21-8-10-23(11-9-21)31-26(34)22-3-2-12-29-16-22/h2-14,16,24-25,27,33H,15,17-18H2,1H3,(H,31,34). The van der Waals surface area contributed by atoms with Gasteiger partial charge in [-0.15, -0.1) is 0 Å². The SMILES string of the molecule is Cn1ccnc1SCC1CC(c2ccc(CO)cc2)OC(c2ccc(NC(=O)c3cccnc3)cc2)O1. The number of ether oxygens (including phenoxy) is 2. The second-order valence-electron chi connectivity index (χ2n) is 8.80. The van der Waals surface area contributed by atoms with Gasteiger partial charge in [-0.3, -0.25) is 9.78 Å². The third-order valence-electron chi connectivity index (χ3n) is 6.15. The zero-order valence-corrected chi connectivity index (χ0v) is 21.2. The molecule has 1 fully saturated rings. The Morgan fingerprint density at radius 2 is 1.86 bits per heavy atom. The van der Waals surface area contributed by atoms with Crippen LogP contribution in [0.25, 0.3) is 0 Å². The van der Waals surface area contributed by atoms with E-state index in [1.54, 1.807) is 36.3 Å². The number of nitrogens with one attached hydrogen (secondary N) is 1. The van der Waals surface area contributed by atoms with Crippen molar-refractivity contribution in [3.8, 4) is 0 Å². The molecule has 1 saturated heterocycles. The normalized spacial score (nSPS) is 19.5. The number of aliphatic hydroxyl groups excluding tert-OH is 1. The van der Waals surface area contributed by atoms with Gasteiger partial charge in [0.2, 0.25) is 0 Å². The number of aryl methyl sites for hydroxylation is 1. The molecule has 0 aliphatic carbocycles. The monoisotopic (exact) mass is 516 g/mol. The summed E-state index contributed by atoms with van der Waals surface area (Å²) in [4.78, 5) is 20.9. The molecule has 0 spiro atoms. The Hall–Kier alpha value is -3.50. The molecule has 0 saturated carbocycles. The smallest absolute Gasteiger partial charge is 0.257 e. The van der Waals surface area contributed by atoms with Crippen molar-refractivity contribution < 1.29 is 19.4 Å². The average molecular weight is 517 g/mol. The molecule has 1 amide bonds. The molecule has 3 atom stereocenters. The zero-order valence-electron chi connectivity index (χ0n) is 20.4. The minimum atomic E-state index is -0.564. The van der Waals surface area contributed by atoms with Crippen molar-refractivity contribution in [1.29, 1.82) is 0 Å². The molecule has 0 bridgehead atoms. The van der Waals surface area contributed by atoms with Crippen LogP contribution in [0.3, 0.4) is 0 Å². The number of rotatable bonds is 8. The van der Waals surface area contributed by atoms with Gasteiger partial charge in [0, 0.05) is 55.3 Å². The largest absolute Gasteiger partial charge is 0.392 e. The number of imidazole rings is 1. The van der Waals surface area contributed by atoms with Crippen LogP contribution >= 0.6 is 11.8 Å². The summed E-state index contributed by atoms with van der Waals surface area (Å²) >= 11 is 1.65. The Morgan fingerprint density at radius 1 is 1.08 bits per heavy atom. The molecule has 5 rings (SSSR count). The quantitative estimate of drug-likeness (QED) is 0.322. The lowest BCUT2D eigenvalue weighted by atomic mass is 10.0. The molecule has 3 heterocycles. The Balaban J connectivity index is 1.31. The van der Waals surface area contributed by atoms with Crippen LogP contribution in [0.4, 0.5) is 5.69 Å². The molecule has 1 aliphatic rings. The topological polar surface area (TPSA) is 98.5 Å². The molecule has 190 valence electrons. The van der Waals surface area contributed by atoms with E-state index in [1.165, 1.54) is 6.20 Å². The second-order valence-corrected chi connectivity index (χ2v) is 9.79. The lowest BCUT2D eigenvalue weighted by Gasteiger charge is -2.36. The van der Waals surface area contributed by atoms with E-state index >= 15 is 0 Å². The summed E-state index contributed by atoms with van der Waals surface area (Å²) in [6.45, 7) is 0.00411. The maximum atomic E-state index is 12.5. The predicted molar refractivity (Wildman–Crippen MR) is 141 cm³/mol. The van der Waals surface area contributed by atoms with Crippen LogP contribution < -0.4 is 5.32 Å². The minimum Gasteiger partial charge on any atom is -0.392 e. The number of aromatic nitrogens is 3. The van der Waals surface area contributed by atoms with E-state index in [1.807, 2.05) is 66.3 Å². The molecule has 2 N–H and O–H groups in total. The van der Waals surface area contributed by atoms with Crippen LogP contribution in [0.2, 0.25) is 0 Å². The summed E-state index contributed by atoms with van der Waals surface area (Å²) in [5.41, 5.74) is 3.93. The van der Waals surface area contributed by atoms with Crippen LogP contribution in [0, 0.1) is 0 Å². The fourth-order valence-electron chi connectivity index (χ4n) is 4.11. The number of aliphatic hydroxyl groups is 1. The van der Waals surface area contributed by atoms with E-state index in [0.29, 0.717) is 17.7 Å². The number of thioether (sulfide) groups is 1. The van der Waals surface area contributed by atoms with Gasteiger partial charge >= 0.3 is 0 Å². The average Bonchev–Trinajstić information content (AvgIpc) is 3.37. The summed E-state index contributed by atoms with van der Waals surface area (Å²) in [6.07, 6.45) is 6.79. The molecule has 2 aromatic carbocycles. The number of anilines is 1. The highest BCUT2D eigenvalue weighted by molar-refractivity contribution is 7.99. The number of carbonyl (C=O) groups is 1. The van der Waals surface area contributed by atoms with Crippen molar-refractivity contribution in [3.63, 3.8) is 0 Å². The highest BCUT2D eigenvalue weighted by Crippen LogP contribution is 2.39. The van der Waals surface area contributed by atoms with E-state index in [9.17, 15) is 9.90 Å². The maximum absolute atomic E-state index is 12.5. The first-order valence-electron chi connectivity index (χ1n) is 12.0. The van der Waals surface area contributed by atoms with E-state index in [-0.39, 0.29) is 24.7 Å². The van der Waals surface area contributed by atoms with Crippen LogP contribution in [-0.2, 0) is 23.1 Å². The third-order valence-corrected chi connectivity index (χ3v) is 7.34. The lowest BCUT2D eigenvalue weighted by Crippen LogP contribution is -2.31. The highest BCUT2D eigenvalue weighted by Gasteiger charge is 2.32. The van der Waals surface area contributed by atoms with Crippen molar-refractivity contribution in [2.45, 2.75) is 36.7 Å². The molecule has 3 unspecified atom stereocenters. The third kappa shape index (κ3) is 6.26. The summed E-state index contributed by atoms with van der Waals surface area (Å²) in [5, 5.41) is 13.2. The van der Waals surface area contributed by atoms with E-state index in [2.05, 4.69) is 15.3 Å². The molecule has 9 heteroatoms. The predicted octanol–water partition coefficient (Wildman–Crippen LogP) is 4.90. The fraction of sp³-hybridized carbons (Fsp3) is 0.250. The summed E-state index contributed by atoms with van der Waals surface area (Å²) in [6, 6.07) is 18.8. The molecular weight excluding hydrogens is 488 g/mol. The maximum Gasteiger partial charge on any atom is 0.257 e. The summed E-state index contributed by atoms with van der Waals surface area (Å²) in [7, 11) is 1.98. The number of nitrogens with zero attached hydrogens (tertiary/aromatic N) is 3. The Morgan fingerprint density at radius 3 is 2.54 bits per heavy atom. The fourth-order valence-corrected chi connectivity index (χ4v) is 5.05. The molecule has 0 radical (unpaired) electrons. The van der Waals surface area contributed by atoms with E-state index < -0.39 is 6.29 Å². The van der Waals surface area contributed by atoms with Gasteiger partial charge in [0.25, 0.3) is 5.91 Å². The molecule has 8 nitrogen and oxygen atoms in total. The minimum absolute atomic E-state index is 0.00411. The first kappa shape index (κ1) is 25.2. The number of hydrogen-bond donors (Lipinski definition) is 2. The number of amides is 1. The van der Waals surface area contributed by atoms with Gasteiger partial charge < -0.3 is 24.5 Å². The van der Waals surface area contributed by atoms with Crippen molar-refractivity contribution >= 4 is 23.4 Å². The lowest BCUT2D eigenvalue weighted by molar-refractivity contribution is -0.245. The Labute approximate surface area is 219 Å². The zero-order chi connectivity index (χ0) is 25.6. The number of pyridine rings is 1. The number of benzene rings is 2. The van der Waals surface area contributed by atoms with Crippen molar-refractivity contribution in [2.24, 2.45) is 7.05 Å². The van der Waals surface area contributed by atoms with Gasteiger partial charge in [0.05, 0.1) is 24.4 Å². The molecule has 2 aromatic heterocycles. The molecular formula is C28H28N4O4S.